The lowest BCUT2D eigenvalue weighted by Gasteiger charge is -2.60. The van der Waals surface area contributed by atoms with Gasteiger partial charge in [-0.25, -0.2) is 0 Å². The van der Waals surface area contributed by atoms with E-state index in [1.807, 2.05) is 0 Å². The molecule has 0 amide bonds. The molecule has 0 bridgehead atoms. The molecular formula is C36H71N. The van der Waals surface area contributed by atoms with E-state index < -0.39 is 0 Å². The van der Waals surface area contributed by atoms with Crippen molar-refractivity contribution in [2.45, 2.75) is 214 Å². The van der Waals surface area contributed by atoms with Gasteiger partial charge in [-0.1, -0.05) is 144 Å². The van der Waals surface area contributed by atoms with Crippen LogP contribution in [0.3, 0.4) is 0 Å². The molecule has 220 valence electrons. The predicted molar refractivity (Wildman–Crippen MR) is 167 cm³/mol. The van der Waals surface area contributed by atoms with Crippen LogP contribution in [0, 0.1) is 17.3 Å². The highest BCUT2D eigenvalue weighted by Crippen LogP contribution is 2.59. The van der Waals surface area contributed by atoms with Crippen LogP contribution in [-0.4, -0.2) is 23.0 Å². The summed E-state index contributed by atoms with van der Waals surface area (Å²) in [6, 6.07) is 2.49. The molecule has 37 heavy (non-hydrogen) atoms. The summed E-state index contributed by atoms with van der Waals surface area (Å²) in [6.45, 7) is 14.6. The Hall–Kier alpha value is -0.0400. The molecule has 2 fully saturated rings. The van der Waals surface area contributed by atoms with Crippen LogP contribution in [0.5, 0.6) is 0 Å². The van der Waals surface area contributed by atoms with E-state index in [-0.39, 0.29) is 0 Å². The smallest absolute Gasteiger partial charge is 0.0104 e. The Bertz CT molecular complexity index is 535. The lowest BCUT2D eigenvalue weighted by Crippen LogP contribution is -2.59. The Balaban J connectivity index is 1.97. The summed E-state index contributed by atoms with van der Waals surface area (Å²) in [6.07, 6.45) is 35.0. The first kappa shape index (κ1) is 33.2. The quantitative estimate of drug-likeness (QED) is 0.129. The predicted octanol–water partition coefficient (Wildman–Crippen LogP) is 12.1. The molecule has 1 nitrogen and oxygen atoms in total. The number of nitrogens with zero attached hydrogens (tertiary/aromatic N) is 1. The lowest BCUT2D eigenvalue weighted by molar-refractivity contribution is -0.0992. The number of piperidine rings is 1. The largest absolute Gasteiger partial charge is 0.295 e. The summed E-state index contributed by atoms with van der Waals surface area (Å²) in [5.41, 5.74) is 0.697. The zero-order valence-corrected chi connectivity index (χ0v) is 26.8. The molecule has 1 heterocycles. The molecule has 1 heteroatoms. The Kier molecular flexibility index (Phi) is 17.1. The maximum atomic E-state index is 3.10. The van der Waals surface area contributed by atoms with Crippen molar-refractivity contribution < 1.29 is 0 Å². The number of hydrogen-bond acceptors (Lipinski definition) is 1. The minimum atomic E-state index is 0.697. The molecular weight excluding hydrogens is 446 g/mol. The highest BCUT2D eigenvalue weighted by molar-refractivity contribution is 5.04. The van der Waals surface area contributed by atoms with Crippen LogP contribution in [0.15, 0.2) is 0 Å². The van der Waals surface area contributed by atoms with E-state index in [1.54, 1.807) is 12.8 Å². The monoisotopic (exact) mass is 518 g/mol. The van der Waals surface area contributed by atoms with Crippen molar-refractivity contribution in [1.29, 1.82) is 0 Å². The van der Waals surface area contributed by atoms with Gasteiger partial charge in [-0.15, -0.1) is 0 Å². The maximum absolute atomic E-state index is 3.10. The first-order valence-corrected chi connectivity index (χ1v) is 17.8. The fourth-order valence-corrected chi connectivity index (χ4v) is 8.66. The molecule has 1 saturated carbocycles. The molecule has 1 aliphatic carbocycles. The van der Waals surface area contributed by atoms with E-state index in [0.29, 0.717) is 5.41 Å². The molecule has 0 aromatic rings. The Morgan fingerprint density at radius 1 is 0.568 bits per heavy atom. The van der Waals surface area contributed by atoms with Crippen molar-refractivity contribution in [2.75, 3.05) is 0 Å². The van der Waals surface area contributed by atoms with E-state index in [1.165, 1.54) is 141 Å². The van der Waals surface area contributed by atoms with Gasteiger partial charge in [-0.2, -0.15) is 0 Å². The molecule has 2 rings (SSSR count). The van der Waals surface area contributed by atoms with Gasteiger partial charge in [0, 0.05) is 18.1 Å². The van der Waals surface area contributed by atoms with Crippen LogP contribution in [0.25, 0.3) is 0 Å². The minimum Gasteiger partial charge on any atom is -0.295 e. The average molecular weight is 518 g/mol. The van der Waals surface area contributed by atoms with Crippen molar-refractivity contribution in [2.24, 2.45) is 17.3 Å². The second kappa shape index (κ2) is 19.1. The van der Waals surface area contributed by atoms with Gasteiger partial charge in [0.1, 0.15) is 0 Å². The van der Waals surface area contributed by atoms with Crippen molar-refractivity contribution in [3.8, 4) is 0 Å². The van der Waals surface area contributed by atoms with Gasteiger partial charge in [-0.05, 0) is 69.1 Å². The highest BCUT2D eigenvalue weighted by atomic mass is 15.2. The SMILES string of the molecule is CCCCCCCC(CCCCCC)N1C(C)CC2(CC(C(CCCC)CCCCCC)C2)CC1CC. The zero-order valence-electron chi connectivity index (χ0n) is 26.8. The normalized spacial score (nSPS) is 27.9. The number of rotatable bonds is 22. The first-order chi connectivity index (χ1) is 18.0. The van der Waals surface area contributed by atoms with E-state index >= 15 is 0 Å². The molecule has 0 radical (unpaired) electrons. The summed E-state index contributed by atoms with van der Waals surface area (Å²) in [4.78, 5) is 3.10. The fourth-order valence-electron chi connectivity index (χ4n) is 8.66. The van der Waals surface area contributed by atoms with Crippen LogP contribution >= 0.6 is 0 Å². The van der Waals surface area contributed by atoms with Crippen LogP contribution in [-0.2, 0) is 0 Å². The molecule has 0 N–H and O–H groups in total. The van der Waals surface area contributed by atoms with E-state index in [0.717, 1.165) is 30.0 Å². The molecule has 0 aromatic heterocycles. The number of hydrogen-bond donors (Lipinski definition) is 0. The molecule has 1 saturated heterocycles. The Morgan fingerprint density at radius 2 is 1.05 bits per heavy atom. The number of unbranched alkanes of at least 4 members (excludes halogenated alkanes) is 11. The van der Waals surface area contributed by atoms with Crippen molar-refractivity contribution in [3.05, 3.63) is 0 Å². The topological polar surface area (TPSA) is 3.24 Å². The third-order valence-electron chi connectivity index (χ3n) is 10.7. The van der Waals surface area contributed by atoms with Gasteiger partial charge in [0.05, 0.1) is 0 Å². The van der Waals surface area contributed by atoms with Crippen LogP contribution in [0.1, 0.15) is 196 Å². The van der Waals surface area contributed by atoms with Gasteiger partial charge in [0.2, 0.25) is 0 Å². The van der Waals surface area contributed by atoms with Gasteiger partial charge in [0.15, 0.2) is 0 Å². The maximum Gasteiger partial charge on any atom is 0.0104 e. The second-order valence-electron chi connectivity index (χ2n) is 13.9. The second-order valence-corrected chi connectivity index (χ2v) is 13.9. The average Bonchev–Trinajstić information content (AvgIpc) is 2.88. The Labute approximate surface area is 235 Å². The number of likely N-dealkylation sites (tertiary alicyclic amines) is 1. The van der Waals surface area contributed by atoms with Crippen LogP contribution in [0.4, 0.5) is 0 Å². The van der Waals surface area contributed by atoms with Gasteiger partial charge >= 0.3 is 0 Å². The van der Waals surface area contributed by atoms with Gasteiger partial charge in [-0.3, -0.25) is 4.90 Å². The van der Waals surface area contributed by atoms with Crippen molar-refractivity contribution in [3.63, 3.8) is 0 Å². The third kappa shape index (κ3) is 11.2. The van der Waals surface area contributed by atoms with E-state index in [4.69, 9.17) is 0 Å². The van der Waals surface area contributed by atoms with Crippen LogP contribution < -0.4 is 0 Å². The first-order valence-electron chi connectivity index (χ1n) is 17.8. The highest BCUT2D eigenvalue weighted by Gasteiger charge is 2.52. The van der Waals surface area contributed by atoms with Gasteiger partial charge < -0.3 is 0 Å². The lowest BCUT2D eigenvalue weighted by atomic mass is 9.51. The minimum absolute atomic E-state index is 0.697. The Morgan fingerprint density at radius 3 is 1.59 bits per heavy atom. The van der Waals surface area contributed by atoms with Gasteiger partial charge in [0.25, 0.3) is 0 Å². The fraction of sp³-hybridized carbons (Fsp3) is 1.00. The summed E-state index contributed by atoms with van der Waals surface area (Å²) >= 11 is 0. The molecule has 4 atom stereocenters. The molecule has 2 aliphatic rings. The molecule has 1 aliphatic heterocycles. The third-order valence-corrected chi connectivity index (χ3v) is 10.7. The van der Waals surface area contributed by atoms with Crippen molar-refractivity contribution in [1.82, 2.24) is 4.90 Å². The van der Waals surface area contributed by atoms with Crippen molar-refractivity contribution >= 4 is 0 Å². The zero-order chi connectivity index (χ0) is 26.9. The molecule has 4 unspecified atom stereocenters. The molecule has 1 spiro atoms. The summed E-state index contributed by atoms with van der Waals surface area (Å²) in [7, 11) is 0. The summed E-state index contributed by atoms with van der Waals surface area (Å²) < 4.78 is 0. The standard InChI is InChI=1S/C36H71N/c1-7-12-16-19-22-26-35(25-21-18-14-9-3)37-31(6)27-36(30-34(37)11-5)28-33(29-36)32(23-15-10-4)24-20-17-13-8-2/h31-35H,7-30H2,1-6H3. The molecule has 0 aromatic carbocycles. The summed E-state index contributed by atoms with van der Waals surface area (Å²) in [5.74, 6) is 2.08. The van der Waals surface area contributed by atoms with E-state index in [9.17, 15) is 0 Å². The van der Waals surface area contributed by atoms with E-state index in [2.05, 4.69) is 46.4 Å². The summed E-state index contributed by atoms with van der Waals surface area (Å²) in [5, 5.41) is 0. The van der Waals surface area contributed by atoms with Crippen LogP contribution in [0.2, 0.25) is 0 Å².